The zero-order valence-electron chi connectivity index (χ0n) is 7.21. The van der Waals surface area contributed by atoms with Gasteiger partial charge in [-0.1, -0.05) is 5.16 Å². The van der Waals surface area contributed by atoms with E-state index in [0.29, 0.717) is 18.5 Å². The molecule has 0 radical (unpaired) electrons. The molecular formula is C7H8N2O4S. The maximum atomic E-state index is 11.1. The van der Waals surface area contributed by atoms with Crippen LogP contribution in [0.25, 0.3) is 0 Å². The van der Waals surface area contributed by atoms with Crippen molar-refractivity contribution in [1.82, 2.24) is 10.1 Å². The molecule has 0 spiro atoms. The lowest BCUT2D eigenvalue weighted by atomic mass is 10.1. The molecule has 1 unspecified atom stereocenters. The van der Waals surface area contributed by atoms with Crippen molar-refractivity contribution < 1.29 is 17.7 Å². The molecule has 0 aromatic carbocycles. The predicted molar refractivity (Wildman–Crippen MR) is 45.7 cm³/mol. The van der Waals surface area contributed by atoms with Crippen LogP contribution in [0.3, 0.4) is 0 Å². The Bertz CT molecular complexity index is 450. The van der Waals surface area contributed by atoms with Gasteiger partial charge in [-0.15, -0.1) is 0 Å². The van der Waals surface area contributed by atoms with E-state index in [0.717, 1.165) is 0 Å². The van der Waals surface area contributed by atoms with E-state index in [1.165, 1.54) is 0 Å². The molecule has 1 aromatic heterocycles. The van der Waals surface area contributed by atoms with Crippen molar-refractivity contribution in [3.63, 3.8) is 0 Å². The third-order valence-electron chi connectivity index (χ3n) is 2.16. The van der Waals surface area contributed by atoms with Gasteiger partial charge in [-0.2, -0.15) is 4.98 Å². The average molecular weight is 216 g/mol. The Balaban J connectivity index is 2.21. The Kier molecular flexibility index (Phi) is 2.10. The highest BCUT2D eigenvalue weighted by atomic mass is 32.2. The number of hydrogen-bond donors (Lipinski definition) is 0. The average Bonchev–Trinajstić information content (AvgIpc) is 2.70. The van der Waals surface area contributed by atoms with E-state index in [4.69, 9.17) is 0 Å². The van der Waals surface area contributed by atoms with Crippen molar-refractivity contribution in [2.24, 2.45) is 0 Å². The molecular weight excluding hydrogens is 208 g/mol. The number of sulfone groups is 1. The van der Waals surface area contributed by atoms with E-state index < -0.39 is 9.84 Å². The Hall–Kier alpha value is -1.24. The molecule has 0 amide bonds. The van der Waals surface area contributed by atoms with E-state index >= 15 is 0 Å². The minimum absolute atomic E-state index is 0.0465. The summed E-state index contributed by atoms with van der Waals surface area (Å²) in [6.45, 7) is 0. The van der Waals surface area contributed by atoms with Gasteiger partial charge in [-0.25, -0.2) is 8.42 Å². The topological polar surface area (TPSA) is 90.1 Å². The second kappa shape index (κ2) is 3.16. The van der Waals surface area contributed by atoms with Gasteiger partial charge >= 0.3 is 0 Å². The molecule has 1 fully saturated rings. The molecule has 1 saturated heterocycles. The zero-order chi connectivity index (χ0) is 10.2. The fraction of sp³-hybridized carbons (Fsp3) is 0.571. The van der Waals surface area contributed by atoms with Gasteiger partial charge in [0.2, 0.25) is 6.29 Å². The van der Waals surface area contributed by atoms with Gasteiger partial charge < -0.3 is 4.52 Å². The second-order valence-corrected chi connectivity index (χ2v) is 5.44. The number of hydrogen-bond acceptors (Lipinski definition) is 6. The molecule has 0 N–H and O–H groups in total. The third-order valence-corrected chi connectivity index (χ3v) is 3.92. The van der Waals surface area contributed by atoms with Crippen molar-refractivity contribution in [1.29, 1.82) is 0 Å². The maximum Gasteiger partial charge on any atom is 0.290 e. The van der Waals surface area contributed by atoms with Crippen LogP contribution in [0.4, 0.5) is 0 Å². The molecule has 6 nitrogen and oxygen atoms in total. The van der Waals surface area contributed by atoms with Gasteiger partial charge in [0.1, 0.15) is 0 Å². The summed E-state index contributed by atoms with van der Waals surface area (Å²) < 4.78 is 26.8. The summed E-state index contributed by atoms with van der Waals surface area (Å²) in [5.41, 5.74) is 0. The summed E-state index contributed by atoms with van der Waals surface area (Å²) in [4.78, 5) is 14.0. The largest absolute Gasteiger partial charge is 0.331 e. The van der Waals surface area contributed by atoms with Crippen LogP contribution in [0.15, 0.2) is 4.52 Å². The van der Waals surface area contributed by atoms with Crippen molar-refractivity contribution >= 4 is 16.1 Å². The number of carbonyl (C=O) groups excluding carboxylic acids is 1. The Labute approximate surface area is 80.2 Å². The number of carbonyl (C=O) groups is 1. The normalized spacial score (nSPS) is 25.0. The van der Waals surface area contributed by atoms with E-state index in [2.05, 4.69) is 14.7 Å². The number of nitrogens with zero attached hydrogens (tertiary/aromatic N) is 2. The van der Waals surface area contributed by atoms with Gasteiger partial charge in [0.05, 0.1) is 11.5 Å². The second-order valence-electron chi connectivity index (χ2n) is 3.21. The van der Waals surface area contributed by atoms with Gasteiger partial charge in [0.15, 0.2) is 15.7 Å². The first-order valence-electron chi connectivity index (χ1n) is 4.10. The zero-order valence-corrected chi connectivity index (χ0v) is 8.03. The summed E-state index contributed by atoms with van der Waals surface area (Å²) in [7, 11) is -2.95. The number of rotatable bonds is 2. The monoisotopic (exact) mass is 216 g/mol. The maximum absolute atomic E-state index is 11.1. The molecule has 2 heterocycles. The van der Waals surface area contributed by atoms with Gasteiger partial charge in [-0.3, -0.25) is 4.79 Å². The molecule has 1 atom stereocenters. The highest BCUT2D eigenvalue weighted by Crippen LogP contribution is 2.26. The fourth-order valence-corrected chi connectivity index (χ4v) is 3.20. The number of aromatic nitrogens is 2. The molecule has 1 aromatic rings. The lowest BCUT2D eigenvalue weighted by Gasteiger charge is -1.97. The van der Waals surface area contributed by atoms with Gasteiger partial charge in [0.25, 0.3) is 5.89 Å². The van der Waals surface area contributed by atoms with Crippen LogP contribution in [-0.2, 0) is 9.84 Å². The molecule has 0 bridgehead atoms. The molecule has 14 heavy (non-hydrogen) atoms. The van der Waals surface area contributed by atoms with Crippen LogP contribution in [0.5, 0.6) is 0 Å². The Morgan fingerprint density at radius 1 is 1.50 bits per heavy atom. The van der Waals surface area contributed by atoms with Crippen molar-refractivity contribution in [3.05, 3.63) is 11.7 Å². The van der Waals surface area contributed by atoms with Gasteiger partial charge in [-0.05, 0) is 6.42 Å². The highest BCUT2D eigenvalue weighted by molar-refractivity contribution is 7.91. The first kappa shape index (κ1) is 9.32. The summed E-state index contributed by atoms with van der Waals surface area (Å²) in [5, 5.41) is 3.55. The quantitative estimate of drug-likeness (QED) is 0.635. The standard InChI is InChI=1S/C7H8N2O4S/c10-3-6-8-7(9-13-6)5-1-2-14(11,12)4-5/h3,5H,1-2,4H2. The fourth-order valence-electron chi connectivity index (χ4n) is 1.46. The highest BCUT2D eigenvalue weighted by Gasteiger charge is 2.32. The molecule has 76 valence electrons. The Morgan fingerprint density at radius 3 is 2.79 bits per heavy atom. The minimum atomic E-state index is -2.95. The predicted octanol–water partition coefficient (Wildman–Crippen LogP) is -0.216. The lowest BCUT2D eigenvalue weighted by molar-refractivity contribution is 0.108. The van der Waals surface area contributed by atoms with Crippen LogP contribution in [0.1, 0.15) is 28.8 Å². The molecule has 0 saturated carbocycles. The Morgan fingerprint density at radius 2 is 2.29 bits per heavy atom. The van der Waals surface area contributed by atoms with Crippen LogP contribution < -0.4 is 0 Å². The molecule has 7 heteroatoms. The molecule has 1 aliphatic rings. The van der Waals surface area contributed by atoms with Crippen LogP contribution in [-0.4, -0.2) is 36.4 Å². The van der Waals surface area contributed by atoms with E-state index in [9.17, 15) is 13.2 Å². The van der Waals surface area contributed by atoms with E-state index in [1.54, 1.807) is 0 Å². The van der Waals surface area contributed by atoms with Crippen molar-refractivity contribution in [3.8, 4) is 0 Å². The summed E-state index contributed by atoms with van der Waals surface area (Å²) in [6, 6.07) is 0. The summed E-state index contributed by atoms with van der Waals surface area (Å²) in [5.74, 6) is 0.183. The van der Waals surface area contributed by atoms with Crippen molar-refractivity contribution in [2.75, 3.05) is 11.5 Å². The number of aldehydes is 1. The van der Waals surface area contributed by atoms with Gasteiger partial charge in [0, 0.05) is 5.92 Å². The molecule has 2 rings (SSSR count). The van der Waals surface area contributed by atoms with Crippen molar-refractivity contribution in [2.45, 2.75) is 12.3 Å². The third kappa shape index (κ3) is 1.67. The summed E-state index contributed by atoms with van der Waals surface area (Å²) in [6.07, 6.45) is 0.945. The minimum Gasteiger partial charge on any atom is -0.331 e. The van der Waals surface area contributed by atoms with E-state index in [-0.39, 0.29) is 23.3 Å². The van der Waals surface area contributed by atoms with Crippen LogP contribution in [0, 0.1) is 0 Å². The van der Waals surface area contributed by atoms with Crippen LogP contribution in [0.2, 0.25) is 0 Å². The molecule has 0 aliphatic carbocycles. The summed E-state index contributed by atoms with van der Waals surface area (Å²) >= 11 is 0. The lowest BCUT2D eigenvalue weighted by Crippen LogP contribution is -2.05. The van der Waals surface area contributed by atoms with E-state index in [1.807, 2.05) is 0 Å². The van der Waals surface area contributed by atoms with Crippen LogP contribution >= 0.6 is 0 Å². The first-order chi connectivity index (χ1) is 6.61. The SMILES string of the molecule is O=Cc1nc(C2CCS(=O)(=O)C2)no1. The first-order valence-corrected chi connectivity index (χ1v) is 5.92. The smallest absolute Gasteiger partial charge is 0.290 e. The molecule has 1 aliphatic heterocycles.